The lowest BCUT2D eigenvalue weighted by molar-refractivity contribution is 0.102. The molecule has 1 aliphatic rings. The van der Waals surface area contributed by atoms with Crippen molar-refractivity contribution in [1.29, 1.82) is 0 Å². The molecule has 5 aromatic rings. The number of methoxy groups -OCH3 is 2. The van der Waals surface area contributed by atoms with Gasteiger partial charge in [0.1, 0.15) is 21.5 Å². The van der Waals surface area contributed by atoms with Gasteiger partial charge in [0, 0.05) is 28.5 Å². The standard InChI is InChI=1S/C29H24N2O5S2/c1-16-25(11-17-8-9-22-23(10-17)36-15-35-22)38-29(26(16)28-30-21-6-4-5-7-24(21)37-28)31-27(32)18-12-19(33-2)14-20(13-18)34-3/h4-10,12-14H,11,15H2,1-3H3,(H,31,32). The first-order valence-electron chi connectivity index (χ1n) is 11.9. The quantitative estimate of drug-likeness (QED) is 0.240. The summed E-state index contributed by atoms with van der Waals surface area (Å²) in [6.07, 6.45) is 0.688. The number of amides is 1. The number of fused-ring (bicyclic) bond motifs is 2. The summed E-state index contributed by atoms with van der Waals surface area (Å²) in [4.78, 5) is 19.5. The van der Waals surface area contributed by atoms with E-state index in [9.17, 15) is 4.79 Å². The number of ether oxygens (including phenoxy) is 4. The first-order valence-corrected chi connectivity index (χ1v) is 13.6. The molecule has 0 radical (unpaired) electrons. The topological polar surface area (TPSA) is 78.9 Å². The van der Waals surface area contributed by atoms with Gasteiger partial charge in [-0.2, -0.15) is 0 Å². The molecule has 1 amide bonds. The second-order valence-corrected chi connectivity index (χ2v) is 10.9. The summed E-state index contributed by atoms with van der Waals surface area (Å²) < 4.78 is 22.9. The Morgan fingerprint density at radius 2 is 1.74 bits per heavy atom. The van der Waals surface area contributed by atoms with E-state index in [2.05, 4.69) is 18.3 Å². The number of benzene rings is 3. The fraction of sp³-hybridized carbons (Fsp3) is 0.172. The molecule has 0 fully saturated rings. The molecule has 0 spiro atoms. The molecule has 2 aromatic heterocycles. The lowest BCUT2D eigenvalue weighted by Crippen LogP contribution is -2.12. The Morgan fingerprint density at radius 3 is 2.50 bits per heavy atom. The zero-order valence-corrected chi connectivity index (χ0v) is 22.6. The van der Waals surface area contributed by atoms with E-state index in [0.29, 0.717) is 23.5 Å². The van der Waals surface area contributed by atoms with Gasteiger partial charge in [-0.05, 0) is 54.4 Å². The van der Waals surface area contributed by atoms with Gasteiger partial charge in [0.2, 0.25) is 6.79 Å². The molecular weight excluding hydrogens is 520 g/mol. The fourth-order valence-corrected chi connectivity index (χ4v) is 6.78. The van der Waals surface area contributed by atoms with Crippen molar-refractivity contribution in [3.8, 4) is 33.6 Å². The second kappa shape index (κ2) is 10.00. The first kappa shape index (κ1) is 24.3. The summed E-state index contributed by atoms with van der Waals surface area (Å²) in [5, 5.41) is 4.78. The van der Waals surface area contributed by atoms with Crippen molar-refractivity contribution in [1.82, 2.24) is 4.98 Å². The van der Waals surface area contributed by atoms with Gasteiger partial charge in [0.25, 0.3) is 5.91 Å². The van der Waals surface area contributed by atoms with Crippen LogP contribution in [0.3, 0.4) is 0 Å². The van der Waals surface area contributed by atoms with E-state index in [-0.39, 0.29) is 12.7 Å². The largest absolute Gasteiger partial charge is 0.497 e. The highest BCUT2D eigenvalue weighted by Gasteiger charge is 2.23. The Morgan fingerprint density at radius 1 is 0.974 bits per heavy atom. The SMILES string of the molecule is COc1cc(OC)cc(C(=O)Nc2sc(Cc3ccc4c(c3)OCO4)c(C)c2-c2nc3ccccc3s2)c1. The zero-order valence-electron chi connectivity index (χ0n) is 21.0. The van der Waals surface area contributed by atoms with Gasteiger partial charge in [-0.3, -0.25) is 4.79 Å². The van der Waals surface area contributed by atoms with Crippen molar-refractivity contribution in [3.05, 3.63) is 82.2 Å². The molecule has 1 aliphatic heterocycles. The zero-order chi connectivity index (χ0) is 26.2. The Hall–Kier alpha value is -4.08. The van der Waals surface area contributed by atoms with Crippen LogP contribution >= 0.6 is 22.7 Å². The lowest BCUT2D eigenvalue weighted by atomic mass is 10.1. The number of anilines is 1. The molecule has 192 valence electrons. The average molecular weight is 545 g/mol. The lowest BCUT2D eigenvalue weighted by Gasteiger charge is -2.09. The predicted molar refractivity (Wildman–Crippen MR) is 151 cm³/mol. The van der Waals surface area contributed by atoms with Crippen molar-refractivity contribution >= 4 is 43.8 Å². The number of para-hydroxylation sites is 1. The highest BCUT2D eigenvalue weighted by Crippen LogP contribution is 2.45. The highest BCUT2D eigenvalue weighted by atomic mass is 32.1. The number of thiophene rings is 1. The van der Waals surface area contributed by atoms with E-state index < -0.39 is 0 Å². The summed E-state index contributed by atoms with van der Waals surface area (Å²) in [7, 11) is 3.12. The molecule has 7 nitrogen and oxygen atoms in total. The van der Waals surface area contributed by atoms with Gasteiger partial charge >= 0.3 is 0 Å². The van der Waals surface area contributed by atoms with E-state index >= 15 is 0 Å². The molecule has 3 heterocycles. The normalized spacial score (nSPS) is 12.1. The third-order valence-corrected chi connectivity index (χ3v) is 8.66. The number of aromatic nitrogens is 1. The predicted octanol–water partition coefficient (Wildman–Crippen LogP) is 6.92. The molecule has 0 aliphatic carbocycles. The summed E-state index contributed by atoms with van der Waals surface area (Å²) in [5.41, 5.74) is 4.51. The molecule has 6 rings (SSSR count). The molecule has 0 unspecified atom stereocenters. The van der Waals surface area contributed by atoms with E-state index in [1.165, 1.54) is 0 Å². The van der Waals surface area contributed by atoms with Gasteiger partial charge in [-0.1, -0.05) is 18.2 Å². The van der Waals surface area contributed by atoms with Crippen molar-refractivity contribution < 1.29 is 23.7 Å². The van der Waals surface area contributed by atoms with E-state index in [1.54, 1.807) is 55.1 Å². The van der Waals surface area contributed by atoms with Crippen molar-refractivity contribution in [2.75, 3.05) is 26.3 Å². The van der Waals surface area contributed by atoms with Gasteiger partial charge in [0.05, 0.1) is 24.4 Å². The molecule has 0 bridgehead atoms. The maximum atomic E-state index is 13.4. The Balaban J connectivity index is 1.40. The van der Waals surface area contributed by atoms with Crippen LogP contribution < -0.4 is 24.3 Å². The number of carbonyl (C=O) groups is 1. The third-order valence-electron chi connectivity index (χ3n) is 6.40. The average Bonchev–Trinajstić information content (AvgIpc) is 3.65. The van der Waals surface area contributed by atoms with Crippen LogP contribution in [0.5, 0.6) is 23.0 Å². The minimum atomic E-state index is -0.250. The maximum Gasteiger partial charge on any atom is 0.256 e. The van der Waals surface area contributed by atoms with Crippen LogP contribution in [0.1, 0.15) is 26.4 Å². The molecule has 9 heteroatoms. The van der Waals surface area contributed by atoms with Crippen molar-refractivity contribution in [2.24, 2.45) is 0 Å². The fourth-order valence-electron chi connectivity index (χ4n) is 4.40. The van der Waals surface area contributed by atoms with E-state index in [4.69, 9.17) is 23.9 Å². The number of hydrogen-bond acceptors (Lipinski definition) is 8. The van der Waals surface area contributed by atoms with Crippen LogP contribution in [0.25, 0.3) is 20.8 Å². The summed E-state index contributed by atoms with van der Waals surface area (Å²) >= 11 is 3.18. The first-order chi connectivity index (χ1) is 18.5. The Bertz CT molecular complexity index is 1620. The number of nitrogens with zero attached hydrogens (tertiary/aromatic N) is 1. The molecule has 3 aromatic carbocycles. The van der Waals surface area contributed by atoms with Crippen LogP contribution in [0, 0.1) is 6.92 Å². The maximum absolute atomic E-state index is 13.4. The smallest absolute Gasteiger partial charge is 0.256 e. The summed E-state index contributed by atoms with van der Waals surface area (Å²) in [5.74, 6) is 2.36. The summed E-state index contributed by atoms with van der Waals surface area (Å²) in [6, 6.07) is 19.2. The molecule has 1 N–H and O–H groups in total. The number of rotatable bonds is 7. The van der Waals surface area contributed by atoms with Crippen LogP contribution in [-0.2, 0) is 6.42 Å². The highest BCUT2D eigenvalue weighted by molar-refractivity contribution is 7.23. The summed E-state index contributed by atoms with van der Waals surface area (Å²) in [6.45, 7) is 2.33. The van der Waals surface area contributed by atoms with Gasteiger partial charge in [-0.15, -0.1) is 22.7 Å². The molecule has 0 saturated carbocycles. The van der Waals surface area contributed by atoms with Gasteiger partial charge in [-0.25, -0.2) is 4.98 Å². The van der Waals surface area contributed by atoms with Crippen LogP contribution in [0.2, 0.25) is 0 Å². The van der Waals surface area contributed by atoms with Crippen LogP contribution in [-0.4, -0.2) is 31.9 Å². The number of carbonyl (C=O) groups excluding carboxylic acids is 1. The van der Waals surface area contributed by atoms with Gasteiger partial charge < -0.3 is 24.3 Å². The number of nitrogens with one attached hydrogen (secondary N) is 1. The number of thiazole rings is 1. The molecule has 38 heavy (non-hydrogen) atoms. The van der Waals surface area contributed by atoms with Crippen molar-refractivity contribution in [2.45, 2.75) is 13.3 Å². The van der Waals surface area contributed by atoms with Crippen LogP contribution in [0.15, 0.2) is 60.7 Å². The van der Waals surface area contributed by atoms with Gasteiger partial charge in [0.15, 0.2) is 11.5 Å². The Kier molecular flexibility index (Phi) is 6.39. The molecule has 0 saturated heterocycles. The van der Waals surface area contributed by atoms with E-state index in [1.807, 2.05) is 36.4 Å². The third kappa shape index (κ3) is 4.55. The second-order valence-electron chi connectivity index (χ2n) is 8.76. The minimum Gasteiger partial charge on any atom is -0.497 e. The number of hydrogen-bond donors (Lipinski definition) is 1. The molecule has 0 atom stereocenters. The van der Waals surface area contributed by atoms with Crippen LogP contribution in [0.4, 0.5) is 5.00 Å². The Labute approximate surface area is 227 Å². The molecular formula is C29H24N2O5S2. The van der Waals surface area contributed by atoms with Crippen molar-refractivity contribution in [3.63, 3.8) is 0 Å². The van der Waals surface area contributed by atoms with E-state index in [0.717, 1.165) is 53.3 Å². The minimum absolute atomic E-state index is 0.240. The monoisotopic (exact) mass is 544 g/mol.